The highest BCUT2D eigenvalue weighted by Crippen LogP contribution is 2.31. The Morgan fingerprint density at radius 3 is 2.48 bits per heavy atom. The molecule has 2 aromatic heterocycles. The van der Waals surface area contributed by atoms with Crippen molar-refractivity contribution in [1.82, 2.24) is 24.6 Å². The van der Waals surface area contributed by atoms with Crippen LogP contribution in [0.25, 0.3) is 16.9 Å². The van der Waals surface area contributed by atoms with Gasteiger partial charge >= 0.3 is 12.3 Å². The number of carbonyl (C=O) groups is 2. The smallest absolute Gasteiger partial charge is 0.416 e. The summed E-state index contributed by atoms with van der Waals surface area (Å²) in [5.41, 5.74) is 1.01. The summed E-state index contributed by atoms with van der Waals surface area (Å²) in [5, 5.41) is 4.44. The van der Waals surface area contributed by atoms with E-state index in [9.17, 15) is 22.8 Å². The maximum absolute atomic E-state index is 13.2. The lowest BCUT2D eigenvalue weighted by Gasteiger charge is -2.34. The molecule has 2 fully saturated rings. The summed E-state index contributed by atoms with van der Waals surface area (Å²) in [4.78, 5) is 32.1. The van der Waals surface area contributed by atoms with Crippen molar-refractivity contribution < 1.29 is 27.5 Å². The number of carbonyl (C=O) groups excluding carboxylic acids is 2. The van der Waals surface area contributed by atoms with Crippen molar-refractivity contribution in [3.8, 4) is 16.9 Å². The largest absolute Gasteiger partial charge is 0.447 e. The van der Waals surface area contributed by atoms with Gasteiger partial charge in [-0.1, -0.05) is 0 Å². The van der Waals surface area contributed by atoms with E-state index in [0.717, 1.165) is 12.1 Å². The second-order valence-electron chi connectivity index (χ2n) is 7.78. The third-order valence-electron chi connectivity index (χ3n) is 5.75. The third kappa shape index (κ3) is 3.90. The zero-order valence-corrected chi connectivity index (χ0v) is 17.2. The number of halogens is 3. The highest BCUT2D eigenvalue weighted by molar-refractivity contribution is 5.94. The van der Waals surface area contributed by atoms with Gasteiger partial charge in [0.1, 0.15) is 6.61 Å². The van der Waals surface area contributed by atoms with Gasteiger partial charge in [0.2, 0.25) is 0 Å². The van der Waals surface area contributed by atoms with Crippen LogP contribution in [0.3, 0.4) is 0 Å². The van der Waals surface area contributed by atoms with E-state index in [1.54, 1.807) is 40.4 Å². The molecule has 2 aliphatic heterocycles. The van der Waals surface area contributed by atoms with E-state index in [1.807, 2.05) is 0 Å². The van der Waals surface area contributed by atoms with Crippen molar-refractivity contribution in [2.45, 2.75) is 12.2 Å². The Labute approximate surface area is 186 Å². The first-order valence-corrected chi connectivity index (χ1v) is 10.2. The predicted octanol–water partition coefficient (Wildman–Crippen LogP) is 3.23. The minimum absolute atomic E-state index is 0.153. The number of ether oxygens (including phenoxy) is 1. The van der Waals surface area contributed by atoms with Crippen molar-refractivity contribution in [1.29, 1.82) is 0 Å². The highest BCUT2D eigenvalue weighted by atomic mass is 19.4. The number of rotatable bonds is 3. The van der Waals surface area contributed by atoms with Crippen LogP contribution in [0.15, 0.2) is 54.9 Å². The van der Waals surface area contributed by atoms with Crippen molar-refractivity contribution in [3.05, 3.63) is 66.1 Å². The fourth-order valence-corrected chi connectivity index (χ4v) is 4.04. The van der Waals surface area contributed by atoms with Crippen LogP contribution in [0, 0.1) is 0 Å². The van der Waals surface area contributed by atoms with Crippen LogP contribution >= 0.6 is 0 Å². The van der Waals surface area contributed by atoms with Gasteiger partial charge in [0.05, 0.1) is 23.0 Å². The number of nitrogens with zero attached hydrogens (tertiary/aromatic N) is 5. The van der Waals surface area contributed by atoms with Gasteiger partial charge in [-0.15, -0.1) is 0 Å². The molecule has 33 heavy (non-hydrogen) atoms. The van der Waals surface area contributed by atoms with E-state index in [-0.39, 0.29) is 30.3 Å². The normalized spacial score (nSPS) is 18.3. The molecule has 1 aromatic carbocycles. The van der Waals surface area contributed by atoms with Gasteiger partial charge in [-0.05, 0) is 42.5 Å². The van der Waals surface area contributed by atoms with Crippen LogP contribution in [-0.2, 0) is 10.9 Å². The van der Waals surface area contributed by atoms with Crippen LogP contribution in [0.4, 0.5) is 18.0 Å². The minimum Gasteiger partial charge on any atom is -0.447 e. The number of hydrogen-bond donors (Lipinski definition) is 0. The summed E-state index contributed by atoms with van der Waals surface area (Å²) in [5.74, 6) is -0.324. The summed E-state index contributed by atoms with van der Waals surface area (Å²) in [6.07, 6.45) is -1.67. The number of fused-ring (bicyclic) bond motifs is 1. The lowest BCUT2D eigenvalue weighted by Crippen LogP contribution is -2.53. The van der Waals surface area contributed by atoms with Gasteiger partial charge in [-0.3, -0.25) is 14.7 Å². The number of benzene rings is 1. The molecule has 0 aliphatic carbocycles. The molecule has 2 saturated heterocycles. The monoisotopic (exact) mass is 457 g/mol. The second kappa shape index (κ2) is 7.91. The number of hydrogen-bond acceptors (Lipinski definition) is 5. The molecule has 0 spiro atoms. The first-order chi connectivity index (χ1) is 15.8. The summed E-state index contributed by atoms with van der Waals surface area (Å²) in [6.45, 7) is 1.25. The molecule has 0 unspecified atom stereocenters. The zero-order chi connectivity index (χ0) is 23.2. The van der Waals surface area contributed by atoms with Crippen LogP contribution in [-0.4, -0.2) is 68.8 Å². The Balaban J connectivity index is 1.49. The molecule has 11 heteroatoms. The van der Waals surface area contributed by atoms with Crippen LogP contribution in [0.1, 0.15) is 16.1 Å². The molecule has 2 amide bonds. The molecule has 4 heterocycles. The Kier molecular flexibility index (Phi) is 5.03. The summed E-state index contributed by atoms with van der Waals surface area (Å²) in [6, 6.07) is 9.45. The average molecular weight is 457 g/mol. The zero-order valence-electron chi connectivity index (χ0n) is 17.2. The Bertz CT molecular complexity index is 1190. The van der Waals surface area contributed by atoms with E-state index < -0.39 is 11.7 Å². The van der Waals surface area contributed by atoms with Crippen LogP contribution in [0.5, 0.6) is 0 Å². The third-order valence-corrected chi connectivity index (χ3v) is 5.75. The quantitative estimate of drug-likeness (QED) is 0.603. The average Bonchev–Trinajstić information content (AvgIpc) is 3.43. The molecule has 0 N–H and O–H groups in total. The van der Waals surface area contributed by atoms with Gasteiger partial charge in [-0.2, -0.15) is 18.3 Å². The lowest BCUT2D eigenvalue weighted by atomic mass is 10.1. The van der Waals surface area contributed by atoms with E-state index in [0.29, 0.717) is 36.6 Å². The summed E-state index contributed by atoms with van der Waals surface area (Å²) < 4.78 is 45.5. The van der Waals surface area contributed by atoms with Crippen molar-refractivity contribution in [2.24, 2.45) is 0 Å². The Hall–Kier alpha value is -3.89. The molecular weight excluding hydrogens is 439 g/mol. The highest BCUT2D eigenvalue weighted by Gasteiger charge is 2.39. The molecule has 8 nitrogen and oxygen atoms in total. The van der Waals surface area contributed by atoms with Gasteiger partial charge < -0.3 is 9.64 Å². The summed E-state index contributed by atoms with van der Waals surface area (Å²) >= 11 is 0. The van der Waals surface area contributed by atoms with Gasteiger partial charge in [0.25, 0.3) is 5.91 Å². The van der Waals surface area contributed by atoms with Crippen LogP contribution in [0.2, 0.25) is 0 Å². The molecule has 0 saturated carbocycles. The Morgan fingerprint density at radius 2 is 1.79 bits per heavy atom. The first-order valence-electron chi connectivity index (χ1n) is 10.2. The molecular formula is C22H18F3N5O3. The maximum Gasteiger partial charge on any atom is 0.416 e. The number of cyclic esters (lactones) is 1. The number of piperazine rings is 1. The lowest BCUT2D eigenvalue weighted by molar-refractivity contribution is -0.137. The van der Waals surface area contributed by atoms with Crippen molar-refractivity contribution >= 4 is 12.0 Å². The van der Waals surface area contributed by atoms with E-state index in [1.165, 1.54) is 16.8 Å². The number of aromatic nitrogens is 3. The second-order valence-corrected chi connectivity index (χ2v) is 7.78. The number of alkyl halides is 3. The molecule has 170 valence electrons. The fraction of sp³-hybridized carbons (Fsp3) is 0.273. The van der Waals surface area contributed by atoms with Crippen LogP contribution < -0.4 is 0 Å². The minimum atomic E-state index is -4.45. The molecule has 5 rings (SSSR count). The predicted molar refractivity (Wildman–Crippen MR) is 110 cm³/mol. The van der Waals surface area contributed by atoms with E-state index >= 15 is 0 Å². The van der Waals surface area contributed by atoms with E-state index in [2.05, 4.69) is 10.1 Å². The summed E-state index contributed by atoms with van der Waals surface area (Å²) in [7, 11) is 0. The number of pyridine rings is 1. The fourth-order valence-electron chi connectivity index (χ4n) is 4.04. The van der Waals surface area contributed by atoms with Gasteiger partial charge in [0, 0.05) is 37.6 Å². The van der Waals surface area contributed by atoms with Gasteiger partial charge in [-0.25, -0.2) is 9.48 Å². The molecule has 3 aromatic rings. The molecule has 0 radical (unpaired) electrons. The van der Waals surface area contributed by atoms with Crippen molar-refractivity contribution in [3.63, 3.8) is 0 Å². The standard InChI is InChI=1S/C22H18F3N5O3/c23-22(24,25)15-1-3-16(4-2-15)30-19(14-5-7-26-8-6-14)11-18(27-30)20(31)28-9-10-29-17(12-28)13-33-21(29)32/h1-8,11,17H,9-10,12-13H2/t17-/m0/s1. The topological polar surface area (TPSA) is 80.6 Å². The van der Waals surface area contributed by atoms with Crippen molar-refractivity contribution in [2.75, 3.05) is 26.2 Å². The maximum atomic E-state index is 13.2. The Morgan fingerprint density at radius 1 is 1.06 bits per heavy atom. The SMILES string of the molecule is O=C(c1cc(-c2ccncc2)n(-c2ccc(C(F)(F)F)cc2)n1)N1CCN2C(=O)OC[C@@H]2C1. The molecule has 1 atom stereocenters. The number of amides is 2. The van der Waals surface area contributed by atoms with Gasteiger partial charge in [0.15, 0.2) is 5.69 Å². The molecule has 2 aliphatic rings. The molecule has 0 bridgehead atoms. The first kappa shape index (κ1) is 21.0. The van der Waals surface area contributed by atoms with E-state index in [4.69, 9.17) is 4.74 Å².